The van der Waals surface area contributed by atoms with Crippen LogP contribution in [0, 0.1) is 23.7 Å². The number of ether oxygens (including phenoxy) is 1. The third-order valence-corrected chi connectivity index (χ3v) is 8.99. The minimum Gasteiger partial charge on any atom is -0.493 e. The van der Waals surface area contributed by atoms with Crippen molar-refractivity contribution in [2.45, 2.75) is 117 Å². The van der Waals surface area contributed by atoms with Gasteiger partial charge in [-0.05, 0) is 79.2 Å². The number of rotatable bonds is 13. The van der Waals surface area contributed by atoms with Gasteiger partial charge >= 0.3 is 0 Å². The van der Waals surface area contributed by atoms with E-state index in [9.17, 15) is 0 Å². The van der Waals surface area contributed by atoms with Crippen molar-refractivity contribution in [1.29, 1.82) is 0 Å². The van der Waals surface area contributed by atoms with Crippen LogP contribution in [0.4, 0.5) is 0 Å². The lowest BCUT2D eigenvalue weighted by Crippen LogP contribution is -2.20. The van der Waals surface area contributed by atoms with Crippen molar-refractivity contribution in [2.24, 2.45) is 23.7 Å². The summed E-state index contributed by atoms with van der Waals surface area (Å²) in [7, 11) is 0. The maximum Gasteiger partial charge on any atom is 0.159 e. The summed E-state index contributed by atoms with van der Waals surface area (Å²) in [4.78, 5) is 9.36. The molecule has 0 saturated heterocycles. The second-order valence-electron chi connectivity index (χ2n) is 11.8. The molecule has 4 rings (SSSR count). The summed E-state index contributed by atoms with van der Waals surface area (Å²) in [6.07, 6.45) is 26.0. The monoisotopic (exact) mass is 490 g/mol. The summed E-state index contributed by atoms with van der Waals surface area (Å²) < 4.78 is 6.16. The highest BCUT2D eigenvalue weighted by Gasteiger charge is 2.22. The molecule has 2 saturated carbocycles. The van der Waals surface area contributed by atoms with E-state index in [1.807, 2.05) is 12.4 Å². The average Bonchev–Trinajstić information content (AvgIpc) is 2.93. The molecule has 0 spiro atoms. The molecule has 1 aromatic heterocycles. The van der Waals surface area contributed by atoms with Crippen LogP contribution in [0.5, 0.6) is 5.75 Å². The highest BCUT2D eigenvalue weighted by Crippen LogP contribution is 2.34. The number of benzene rings is 1. The maximum atomic E-state index is 6.16. The topological polar surface area (TPSA) is 35.0 Å². The Morgan fingerprint density at radius 2 is 1.25 bits per heavy atom. The van der Waals surface area contributed by atoms with Crippen molar-refractivity contribution in [2.75, 3.05) is 6.61 Å². The number of nitrogens with zero attached hydrogens (tertiary/aromatic N) is 2. The Bertz CT molecular complexity index is 846. The number of hydrogen-bond donors (Lipinski definition) is 0. The largest absolute Gasteiger partial charge is 0.493 e. The van der Waals surface area contributed by atoms with Crippen molar-refractivity contribution >= 4 is 0 Å². The van der Waals surface area contributed by atoms with Crippen molar-refractivity contribution in [1.82, 2.24) is 9.97 Å². The van der Waals surface area contributed by atoms with E-state index in [0.717, 1.165) is 47.9 Å². The normalized spacial score (nSPS) is 24.5. The van der Waals surface area contributed by atoms with Crippen LogP contribution in [0.15, 0.2) is 36.7 Å². The van der Waals surface area contributed by atoms with Crippen molar-refractivity contribution in [3.8, 4) is 17.1 Å². The molecule has 1 aromatic carbocycles. The predicted molar refractivity (Wildman–Crippen MR) is 151 cm³/mol. The Kier molecular flexibility index (Phi) is 11.1. The summed E-state index contributed by atoms with van der Waals surface area (Å²) >= 11 is 0. The average molecular weight is 491 g/mol. The van der Waals surface area contributed by atoms with Crippen molar-refractivity contribution in [3.05, 3.63) is 42.2 Å². The first-order valence-corrected chi connectivity index (χ1v) is 15.3. The Hall–Kier alpha value is -1.90. The molecule has 3 heteroatoms. The number of hydrogen-bond acceptors (Lipinski definition) is 3. The third-order valence-electron chi connectivity index (χ3n) is 8.99. The summed E-state index contributed by atoms with van der Waals surface area (Å²) in [6.45, 7) is 5.47. The van der Waals surface area contributed by atoms with E-state index in [1.165, 1.54) is 102 Å². The first-order chi connectivity index (χ1) is 17.7. The van der Waals surface area contributed by atoms with E-state index in [-0.39, 0.29) is 0 Å². The molecule has 198 valence electrons. The van der Waals surface area contributed by atoms with Crippen LogP contribution in [0.2, 0.25) is 0 Å². The molecular weight excluding hydrogens is 440 g/mol. The molecule has 2 aliphatic rings. The van der Waals surface area contributed by atoms with Gasteiger partial charge in [0.05, 0.1) is 6.61 Å². The summed E-state index contributed by atoms with van der Waals surface area (Å²) in [5.74, 6) is 5.34. The van der Waals surface area contributed by atoms with E-state index in [4.69, 9.17) is 4.74 Å². The maximum absolute atomic E-state index is 6.16. The summed E-state index contributed by atoms with van der Waals surface area (Å²) in [6, 6.07) is 8.36. The van der Waals surface area contributed by atoms with Crippen LogP contribution >= 0.6 is 0 Å². The lowest BCUT2D eigenvalue weighted by molar-refractivity contribution is 0.177. The molecule has 0 unspecified atom stereocenters. The second kappa shape index (κ2) is 14.7. The van der Waals surface area contributed by atoms with Crippen LogP contribution in [0.3, 0.4) is 0 Å². The van der Waals surface area contributed by atoms with Gasteiger partial charge in [-0.3, -0.25) is 0 Å². The number of aryl methyl sites for hydroxylation is 1. The van der Waals surface area contributed by atoms with Crippen LogP contribution in [0.1, 0.15) is 116 Å². The van der Waals surface area contributed by atoms with Crippen LogP contribution in [-0.4, -0.2) is 16.6 Å². The number of aromatic nitrogens is 2. The molecule has 0 atom stereocenters. The van der Waals surface area contributed by atoms with E-state index in [2.05, 4.69) is 48.1 Å². The van der Waals surface area contributed by atoms with Gasteiger partial charge in [0.2, 0.25) is 0 Å². The molecule has 1 heterocycles. The van der Waals surface area contributed by atoms with E-state index in [0.29, 0.717) is 5.92 Å². The molecule has 0 aliphatic heterocycles. The molecule has 0 radical (unpaired) electrons. The first-order valence-electron chi connectivity index (χ1n) is 15.3. The lowest BCUT2D eigenvalue weighted by Gasteiger charge is -2.28. The zero-order valence-electron chi connectivity index (χ0n) is 23.1. The number of unbranched alkanes of at least 4 members (excludes halogenated alkanes) is 2. The quantitative estimate of drug-likeness (QED) is 0.262. The zero-order valence-corrected chi connectivity index (χ0v) is 23.1. The highest BCUT2D eigenvalue weighted by molar-refractivity contribution is 5.55. The fraction of sp³-hybridized carbons (Fsp3) is 0.697. The van der Waals surface area contributed by atoms with Gasteiger partial charge in [0.1, 0.15) is 5.75 Å². The minimum atomic E-state index is 0.717. The van der Waals surface area contributed by atoms with Crippen molar-refractivity contribution in [3.63, 3.8) is 0 Å². The molecule has 3 nitrogen and oxygen atoms in total. The third kappa shape index (κ3) is 8.60. The van der Waals surface area contributed by atoms with Gasteiger partial charge in [-0.25, -0.2) is 9.97 Å². The molecule has 0 bridgehead atoms. The molecule has 36 heavy (non-hydrogen) atoms. The van der Waals surface area contributed by atoms with Gasteiger partial charge in [0.25, 0.3) is 0 Å². The fourth-order valence-corrected chi connectivity index (χ4v) is 6.50. The van der Waals surface area contributed by atoms with Crippen LogP contribution < -0.4 is 4.74 Å². The van der Waals surface area contributed by atoms with E-state index in [1.54, 1.807) is 0 Å². The van der Waals surface area contributed by atoms with Crippen LogP contribution in [0.25, 0.3) is 11.4 Å². The predicted octanol–water partition coefficient (Wildman–Crippen LogP) is 9.45. The van der Waals surface area contributed by atoms with Gasteiger partial charge in [0, 0.05) is 18.0 Å². The molecule has 2 aromatic rings. The Balaban J connectivity index is 1.16. The Morgan fingerprint density at radius 1 is 0.667 bits per heavy atom. The van der Waals surface area contributed by atoms with E-state index >= 15 is 0 Å². The molecule has 0 amide bonds. The van der Waals surface area contributed by atoms with Gasteiger partial charge in [-0.1, -0.05) is 90.9 Å². The molecule has 0 N–H and O–H groups in total. The minimum absolute atomic E-state index is 0.717. The summed E-state index contributed by atoms with van der Waals surface area (Å²) in [5.41, 5.74) is 2.34. The van der Waals surface area contributed by atoms with Gasteiger partial charge in [-0.15, -0.1) is 0 Å². The SMILES string of the molecule is CCCCCC1CCC(COc2ccc(-c3ncc(CC[C@H]4CC[C@H](CCC)CC4)cn3)cc2)CC1. The highest BCUT2D eigenvalue weighted by atomic mass is 16.5. The smallest absolute Gasteiger partial charge is 0.159 e. The van der Waals surface area contributed by atoms with Gasteiger partial charge in [-0.2, -0.15) is 0 Å². The van der Waals surface area contributed by atoms with Crippen LogP contribution in [-0.2, 0) is 6.42 Å². The van der Waals surface area contributed by atoms with E-state index < -0.39 is 0 Å². The lowest BCUT2D eigenvalue weighted by atomic mass is 9.78. The Morgan fingerprint density at radius 3 is 1.86 bits per heavy atom. The summed E-state index contributed by atoms with van der Waals surface area (Å²) in [5, 5.41) is 0. The Labute approximate surface area is 220 Å². The van der Waals surface area contributed by atoms with Crippen molar-refractivity contribution < 1.29 is 4.74 Å². The standard InChI is InChI=1S/C33H50N2O/c1-3-5-6-8-27-13-16-29(17-14-27)25-36-32-21-19-31(20-22-32)33-34-23-30(24-35-33)18-15-28-11-9-26(7-4-2)10-12-28/h19-24,26-29H,3-18,25H2,1-2H3/t26-,27?,28-,29?. The van der Waals surface area contributed by atoms with Gasteiger partial charge in [0.15, 0.2) is 5.82 Å². The molecule has 2 fully saturated rings. The fourth-order valence-electron chi connectivity index (χ4n) is 6.50. The molecular formula is C33H50N2O. The zero-order chi connectivity index (χ0) is 25.0. The molecule has 2 aliphatic carbocycles. The van der Waals surface area contributed by atoms with Gasteiger partial charge < -0.3 is 4.74 Å². The second-order valence-corrected chi connectivity index (χ2v) is 11.8. The first kappa shape index (κ1) is 27.1.